The van der Waals surface area contributed by atoms with Gasteiger partial charge in [0.05, 0.1) is 5.69 Å². The van der Waals surface area contributed by atoms with Gasteiger partial charge in [-0.3, -0.25) is 19.7 Å². The van der Waals surface area contributed by atoms with E-state index in [1.165, 1.54) is 19.3 Å². The molecule has 0 bridgehead atoms. The second-order valence-electron chi connectivity index (χ2n) is 6.19. The molecule has 2 fully saturated rings. The summed E-state index contributed by atoms with van der Waals surface area (Å²) in [6, 6.07) is 0. The van der Waals surface area contributed by atoms with Crippen molar-refractivity contribution in [2.75, 3.05) is 26.2 Å². The zero-order chi connectivity index (χ0) is 14.5. The normalized spacial score (nSPS) is 19.7. The molecular formula is C16H24N4O. The molecule has 1 aliphatic carbocycles. The van der Waals surface area contributed by atoms with Gasteiger partial charge in [0.2, 0.25) is 5.91 Å². The van der Waals surface area contributed by atoms with Crippen LogP contribution >= 0.6 is 0 Å². The molecule has 1 aliphatic heterocycles. The summed E-state index contributed by atoms with van der Waals surface area (Å²) >= 11 is 0. The van der Waals surface area contributed by atoms with Gasteiger partial charge in [0, 0.05) is 57.7 Å². The maximum atomic E-state index is 12.2. The molecule has 1 saturated heterocycles. The van der Waals surface area contributed by atoms with Crippen molar-refractivity contribution in [3.63, 3.8) is 0 Å². The lowest BCUT2D eigenvalue weighted by Crippen LogP contribution is -2.48. The van der Waals surface area contributed by atoms with Gasteiger partial charge in [-0.15, -0.1) is 0 Å². The zero-order valence-corrected chi connectivity index (χ0v) is 12.6. The Hall–Kier alpha value is -1.49. The first-order chi connectivity index (χ1) is 10.3. The van der Waals surface area contributed by atoms with Crippen LogP contribution in [0.5, 0.6) is 0 Å². The summed E-state index contributed by atoms with van der Waals surface area (Å²) in [6.45, 7) is 4.40. The second-order valence-corrected chi connectivity index (χ2v) is 6.19. The highest BCUT2D eigenvalue weighted by atomic mass is 16.2. The highest BCUT2D eigenvalue weighted by molar-refractivity contribution is 5.76. The molecule has 2 aliphatic rings. The van der Waals surface area contributed by atoms with Crippen LogP contribution in [0.3, 0.4) is 0 Å². The molecule has 1 aromatic heterocycles. The highest BCUT2D eigenvalue weighted by Gasteiger charge is 2.23. The molecule has 5 nitrogen and oxygen atoms in total. The smallest absolute Gasteiger partial charge is 0.222 e. The van der Waals surface area contributed by atoms with Crippen molar-refractivity contribution in [1.82, 2.24) is 19.8 Å². The topological polar surface area (TPSA) is 49.3 Å². The molecule has 0 aromatic carbocycles. The van der Waals surface area contributed by atoms with Crippen LogP contribution in [0.2, 0.25) is 0 Å². The van der Waals surface area contributed by atoms with Crippen LogP contribution < -0.4 is 0 Å². The molecule has 0 N–H and O–H groups in total. The number of carbonyl (C=O) groups is 1. The largest absolute Gasteiger partial charge is 0.340 e. The Labute approximate surface area is 126 Å². The van der Waals surface area contributed by atoms with Gasteiger partial charge in [0.25, 0.3) is 0 Å². The number of hydrogen-bond donors (Lipinski definition) is 0. The Morgan fingerprint density at radius 3 is 2.67 bits per heavy atom. The summed E-state index contributed by atoms with van der Waals surface area (Å²) in [5, 5.41) is 0. The van der Waals surface area contributed by atoms with Gasteiger partial charge in [-0.25, -0.2) is 0 Å². The van der Waals surface area contributed by atoms with E-state index in [0.717, 1.165) is 57.2 Å². The summed E-state index contributed by atoms with van der Waals surface area (Å²) < 4.78 is 0. The van der Waals surface area contributed by atoms with Crippen LogP contribution in [0, 0.1) is 5.92 Å². The van der Waals surface area contributed by atoms with Gasteiger partial charge < -0.3 is 4.90 Å². The fourth-order valence-corrected chi connectivity index (χ4v) is 2.90. The van der Waals surface area contributed by atoms with E-state index < -0.39 is 0 Å². The van der Waals surface area contributed by atoms with Crippen molar-refractivity contribution >= 4 is 5.91 Å². The molecule has 0 unspecified atom stereocenters. The minimum Gasteiger partial charge on any atom is -0.340 e. The van der Waals surface area contributed by atoms with E-state index in [9.17, 15) is 4.79 Å². The molecule has 0 atom stereocenters. The molecule has 114 valence electrons. The summed E-state index contributed by atoms with van der Waals surface area (Å²) in [5.41, 5.74) is 1.00. The fraction of sp³-hybridized carbons (Fsp3) is 0.688. The van der Waals surface area contributed by atoms with Crippen LogP contribution in [-0.4, -0.2) is 51.9 Å². The number of carbonyl (C=O) groups excluding carboxylic acids is 1. The van der Waals surface area contributed by atoms with Crippen LogP contribution in [-0.2, 0) is 11.3 Å². The molecule has 21 heavy (non-hydrogen) atoms. The molecular weight excluding hydrogens is 264 g/mol. The van der Waals surface area contributed by atoms with Crippen LogP contribution in [0.15, 0.2) is 18.6 Å². The fourth-order valence-electron chi connectivity index (χ4n) is 2.90. The van der Waals surface area contributed by atoms with Gasteiger partial charge in [0.15, 0.2) is 0 Å². The van der Waals surface area contributed by atoms with E-state index >= 15 is 0 Å². The second kappa shape index (κ2) is 6.98. The lowest BCUT2D eigenvalue weighted by Gasteiger charge is -2.34. The summed E-state index contributed by atoms with van der Waals surface area (Å²) in [5.74, 6) is 1.27. The van der Waals surface area contributed by atoms with E-state index in [2.05, 4.69) is 14.9 Å². The van der Waals surface area contributed by atoms with Gasteiger partial charge >= 0.3 is 0 Å². The molecule has 0 radical (unpaired) electrons. The minimum absolute atomic E-state index is 0.342. The third-order valence-corrected chi connectivity index (χ3v) is 4.43. The summed E-state index contributed by atoms with van der Waals surface area (Å²) in [6.07, 6.45) is 11.1. The molecule has 2 heterocycles. The number of amides is 1. The molecule has 1 saturated carbocycles. The van der Waals surface area contributed by atoms with Gasteiger partial charge in [0.1, 0.15) is 0 Å². The number of aromatic nitrogens is 2. The van der Waals surface area contributed by atoms with Crippen molar-refractivity contribution in [1.29, 1.82) is 0 Å². The average Bonchev–Trinajstić information content (AvgIpc) is 3.33. The monoisotopic (exact) mass is 288 g/mol. The first-order valence-corrected chi connectivity index (χ1v) is 8.06. The Kier molecular flexibility index (Phi) is 4.80. The summed E-state index contributed by atoms with van der Waals surface area (Å²) in [4.78, 5) is 24.9. The predicted octanol–water partition coefficient (Wildman–Crippen LogP) is 1.70. The Bertz CT molecular complexity index is 453. The van der Waals surface area contributed by atoms with Crippen molar-refractivity contribution in [2.24, 2.45) is 5.92 Å². The maximum Gasteiger partial charge on any atom is 0.222 e. The number of rotatable bonds is 6. The van der Waals surface area contributed by atoms with Crippen molar-refractivity contribution in [2.45, 2.75) is 38.6 Å². The number of hydrogen-bond acceptors (Lipinski definition) is 4. The lowest BCUT2D eigenvalue weighted by molar-refractivity contribution is -0.133. The van der Waals surface area contributed by atoms with E-state index in [-0.39, 0.29) is 0 Å². The van der Waals surface area contributed by atoms with Crippen molar-refractivity contribution in [3.8, 4) is 0 Å². The van der Waals surface area contributed by atoms with Crippen LogP contribution in [0.4, 0.5) is 0 Å². The lowest BCUT2D eigenvalue weighted by atomic mass is 10.1. The Morgan fingerprint density at radius 2 is 2.00 bits per heavy atom. The quantitative estimate of drug-likeness (QED) is 0.799. The van der Waals surface area contributed by atoms with Crippen LogP contribution in [0.1, 0.15) is 37.8 Å². The standard InChI is InChI=1S/C16H24N4O/c21-16(3-1-2-14-4-5-14)20-10-8-19(9-11-20)13-15-12-17-6-7-18-15/h6-7,12,14H,1-5,8-11,13H2. The average molecular weight is 288 g/mol. The number of nitrogens with zero attached hydrogens (tertiary/aromatic N) is 4. The molecule has 1 amide bonds. The number of piperazine rings is 1. The van der Waals surface area contributed by atoms with Crippen LogP contribution in [0.25, 0.3) is 0 Å². The molecule has 0 spiro atoms. The first kappa shape index (κ1) is 14.4. The third-order valence-electron chi connectivity index (χ3n) is 4.43. The minimum atomic E-state index is 0.342. The Morgan fingerprint density at radius 1 is 1.19 bits per heavy atom. The molecule has 3 rings (SSSR count). The van der Waals surface area contributed by atoms with Gasteiger partial charge in [-0.05, 0) is 18.8 Å². The third kappa shape index (κ3) is 4.49. The van der Waals surface area contributed by atoms with Gasteiger partial charge in [-0.1, -0.05) is 12.8 Å². The predicted molar refractivity (Wildman–Crippen MR) is 80.5 cm³/mol. The van der Waals surface area contributed by atoms with E-state index in [1.54, 1.807) is 12.4 Å². The molecule has 5 heteroatoms. The molecule has 1 aromatic rings. The van der Waals surface area contributed by atoms with Gasteiger partial charge in [-0.2, -0.15) is 0 Å². The SMILES string of the molecule is O=C(CCCC1CC1)N1CCN(Cc2cnccn2)CC1. The van der Waals surface area contributed by atoms with E-state index in [0.29, 0.717) is 5.91 Å². The highest BCUT2D eigenvalue weighted by Crippen LogP contribution is 2.33. The van der Waals surface area contributed by atoms with Crippen molar-refractivity contribution in [3.05, 3.63) is 24.3 Å². The Balaban J connectivity index is 1.36. The van der Waals surface area contributed by atoms with Crippen molar-refractivity contribution < 1.29 is 4.79 Å². The maximum absolute atomic E-state index is 12.2. The van der Waals surface area contributed by atoms with E-state index in [1.807, 2.05) is 11.1 Å². The zero-order valence-electron chi connectivity index (χ0n) is 12.6. The summed E-state index contributed by atoms with van der Waals surface area (Å²) in [7, 11) is 0. The first-order valence-electron chi connectivity index (χ1n) is 8.06. The van der Waals surface area contributed by atoms with E-state index in [4.69, 9.17) is 0 Å².